The predicted molar refractivity (Wildman–Crippen MR) is 310 cm³/mol. The van der Waals surface area contributed by atoms with Gasteiger partial charge in [0, 0.05) is 12.8 Å². The second kappa shape index (κ2) is 60.9. The van der Waals surface area contributed by atoms with Gasteiger partial charge in [0.05, 0.1) is 25.4 Å². The molecule has 0 aromatic rings. The van der Waals surface area contributed by atoms with E-state index in [1.807, 2.05) is 0 Å². The standard InChI is InChI=1S/C65H125NO5/c1-3-5-7-9-11-13-15-17-30-35-39-43-47-51-55-59-65(70)71-60-56-52-48-44-40-36-32-29-27-25-23-21-19-20-22-24-26-28-31-34-38-42-46-50-54-58-64(69)66-62(61-67)63(68)57-53-49-45-41-37-33-18-16-14-12-10-8-6-4-2/h11,13,17,30,62-63,67-68H,3-10,12,14-16,18-29,31-61H2,1-2H3,(H,66,69)/b13-11-,30-17-. The molecule has 0 aromatic carbocycles. The van der Waals surface area contributed by atoms with Gasteiger partial charge in [-0.25, -0.2) is 0 Å². The molecule has 71 heavy (non-hydrogen) atoms. The van der Waals surface area contributed by atoms with Gasteiger partial charge < -0.3 is 20.3 Å². The molecule has 0 aromatic heterocycles. The smallest absolute Gasteiger partial charge is 0.305 e. The molecule has 0 bridgehead atoms. The van der Waals surface area contributed by atoms with Crippen LogP contribution in [0.2, 0.25) is 0 Å². The molecule has 0 saturated heterocycles. The van der Waals surface area contributed by atoms with Gasteiger partial charge in [0.1, 0.15) is 0 Å². The maximum absolute atomic E-state index is 12.5. The van der Waals surface area contributed by atoms with Crippen LogP contribution in [0.4, 0.5) is 0 Å². The first-order valence-corrected chi connectivity index (χ1v) is 32.1. The third kappa shape index (κ3) is 57.5. The molecule has 6 heteroatoms. The van der Waals surface area contributed by atoms with Crippen LogP contribution >= 0.6 is 0 Å². The maximum atomic E-state index is 12.5. The lowest BCUT2D eigenvalue weighted by molar-refractivity contribution is -0.143. The average Bonchev–Trinajstić information content (AvgIpc) is 3.37. The minimum absolute atomic E-state index is 0.00278. The van der Waals surface area contributed by atoms with Gasteiger partial charge in [-0.3, -0.25) is 9.59 Å². The quantitative estimate of drug-likeness (QED) is 0.0320. The summed E-state index contributed by atoms with van der Waals surface area (Å²) in [5, 5.41) is 23.3. The minimum atomic E-state index is -0.662. The van der Waals surface area contributed by atoms with Gasteiger partial charge in [0.2, 0.25) is 5.91 Å². The lowest BCUT2D eigenvalue weighted by Crippen LogP contribution is -2.45. The Balaban J connectivity index is 3.35. The zero-order valence-electron chi connectivity index (χ0n) is 48.0. The second-order valence-electron chi connectivity index (χ2n) is 22.1. The van der Waals surface area contributed by atoms with Crippen LogP contribution in [0.5, 0.6) is 0 Å². The summed E-state index contributed by atoms with van der Waals surface area (Å²) < 4.78 is 5.48. The molecule has 420 valence electrons. The Morgan fingerprint density at radius 1 is 0.394 bits per heavy atom. The number of hydrogen-bond donors (Lipinski definition) is 3. The molecule has 6 nitrogen and oxygen atoms in total. The predicted octanol–water partition coefficient (Wildman–Crippen LogP) is 20.2. The number of nitrogens with one attached hydrogen (secondary N) is 1. The molecular formula is C65H125NO5. The summed E-state index contributed by atoms with van der Waals surface area (Å²) in [6, 6.07) is -0.539. The molecule has 0 heterocycles. The normalized spacial score (nSPS) is 12.7. The first-order chi connectivity index (χ1) is 35.0. The highest BCUT2D eigenvalue weighted by Crippen LogP contribution is 2.18. The van der Waals surface area contributed by atoms with Gasteiger partial charge in [0.15, 0.2) is 0 Å². The molecule has 1 amide bonds. The number of aliphatic hydroxyl groups excluding tert-OH is 2. The maximum Gasteiger partial charge on any atom is 0.305 e. The van der Waals surface area contributed by atoms with E-state index in [0.29, 0.717) is 25.9 Å². The lowest BCUT2D eigenvalue weighted by atomic mass is 10.0. The van der Waals surface area contributed by atoms with E-state index in [1.54, 1.807) is 0 Å². The zero-order chi connectivity index (χ0) is 51.4. The van der Waals surface area contributed by atoms with E-state index in [4.69, 9.17) is 4.74 Å². The van der Waals surface area contributed by atoms with Crippen molar-refractivity contribution in [1.29, 1.82) is 0 Å². The summed E-state index contributed by atoms with van der Waals surface area (Å²) in [5.41, 5.74) is 0. The number of unbranched alkanes of at least 4 members (excludes halogenated alkanes) is 45. The first-order valence-electron chi connectivity index (χ1n) is 32.1. The van der Waals surface area contributed by atoms with Crippen molar-refractivity contribution in [2.45, 2.75) is 366 Å². The average molecular weight is 1000 g/mol. The van der Waals surface area contributed by atoms with E-state index in [2.05, 4.69) is 43.5 Å². The van der Waals surface area contributed by atoms with Crippen LogP contribution in [0.25, 0.3) is 0 Å². The van der Waals surface area contributed by atoms with Crippen molar-refractivity contribution >= 4 is 11.9 Å². The number of hydrogen-bond acceptors (Lipinski definition) is 5. The molecule has 0 aliphatic heterocycles. The van der Waals surface area contributed by atoms with Gasteiger partial charge >= 0.3 is 5.97 Å². The van der Waals surface area contributed by atoms with Crippen molar-refractivity contribution in [2.24, 2.45) is 0 Å². The van der Waals surface area contributed by atoms with Gasteiger partial charge in [-0.2, -0.15) is 0 Å². The summed E-state index contributed by atoms with van der Waals surface area (Å²) in [6.45, 7) is 4.94. The molecule has 2 unspecified atom stereocenters. The van der Waals surface area contributed by atoms with Crippen LogP contribution in [0.1, 0.15) is 354 Å². The molecule has 0 spiro atoms. The second-order valence-corrected chi connectivity index (χ2v) is 22.1. The Morgan fingerprint density at radius 2 is 0.704 bits per heavy atom. The molecule has 3 N–H and O–H groups in total. The summed E-state index contributed by atoms with van der Waals surface area (Å²) in [7, 11) is 0. The highest BCUT2D eigenvalue weighted by atomic mass is 16.5. The first kappa shape index (κ1) is 69.3. The fraction of sp³-hybridized carbons (Fsp3) is 0.908. The fourth-order valence-electron chi connectivity index (χ4n) is 10.1. The number of amides is 1. The Hall–Kier alpha value is -1.66. The van der Waals surface area contributed by atoms with Crippen LogP contribution in [0.3, 0.4) is 0 Å². The van der Waals surface area contributed by atoms with E-state index >= 15 is 0 Å². The van der Waals surface area contributed by atoms with Crippen LogP contribution in [0.15, 0.2) is 24.3 Å². The highest BCUT2D eigenvalue weighted by Gasteiger charge is 2.20. The minimum Gasteiger partial charge on any atom is -0.466 e. The molecule has 0 aliphatic carbocycles. The highest BCUT2D eigenvalue weighted by molar-refractivity contribution is 5.76. The van der Waals surface area contributed by atoms with Crippen LogP contribution in [0, 0.1) is 0 Å². The molecule has 0 fully saturated rings. The number of aliphatic hydroxyl groups is 2. The lowest BCUT2D eigenvalue weighted by Gasteiger charge is -2.22. The third-order valence-corrected chi connectivity index (χ3v) is 15.0. The van der Waals surface area contributed by atoms with Crippen molar-refractivity contribution < 1.29 is 24.5 Å². The molecule has 0 saturated carbocycles. The van der Waals surface area contributed by atoms with Crippen molar-refractivity contribution in [1.82, 2.24) is 5.32 Å². The molecule has 2 atom stereocenters. The summed E-state index contributed by atoms with van der Waals surface area (Å²) in [5.74, 6) is -0.0287. The van der Waals surface area contributed by atoms with E-state index in [1.165, 1.54) is 270 Å². The molecule has 0 radical (unpaired) electrons. The number of carbonyl (C=O) groups excluding carboxylic acids is 2. The third-order valence-electron chi connectivity index (χ3n) is 15.0. The Morgan fingerprint density at radius 3 is 1.10 bits per heavy atom. The number of esters is 1. The van der Waals surface area contributed by atoms with Gasteiger partial charge in [-0.05, 0) is 57.8 Å². The van der Waals surface area contributed by atoms with E-state index in [-0.39, 0.29) is 18.5 Å². The van der Waals surface area contributed by atoms with Crippen molar-refractivity contribution in [3.05, 3.63) is 24.3 Å². The Labute approximate surface area is 443 Å². The summed E-state index contributed by atoms with van der Waals surface area (Å²) in [6.07, 6.45) is 74.8. The topological polar surface area (TPSA) is 95.9 Å². The molecule has 0 rings (SSSR count). The number of carbonyl (C=O) groups is 2. The van der Waals surface area contributed by atoms with Gasteiger partial charge in [0.25, 0.3) is 0 Å². The fourth-order valence-corrected chi connectivity index (χ4v) is 10.1. The number of allylic oxidation sites excluding steroid dienone is 4. The summed E-state index contributed by atoms with van der Waals surface area (Å²) >= 11 is 0. The Kier molecular flexibility index (Phi) is 59.5. The number of rotatable bonds is 60. The zero-order valence-corrected chi connectivity index (χ0v) is 48.0. The van der Waals surface area contributed by atoms with Crippen molar-refractivity contribution in [3.63, 3.8) is 0 Å². The van der Waals surface area contributed by atoms with Crippen LogP contribution in [-0.4, -0.2) is 47.4 Å². The van der Waals surface area contributed by atoms with E-state index in [9.17, 15) is 19.8 Å². The van der Waals surface area contributed by atoms with Crippen molar-refractivity contribution in [2.75, 3.05) is 13.2 Å². The Bertz CT molecular complexity index is 1110. The van der Waals surface area contributed by atoms with Gasteiger partial charge in [-0.15, -0.1) is 0 Å². The summed E-state index contributed by atoms with van der Waals surface area (Å²) in [4.78, 5) is 24.5. The monoisotopic (exact) mass is 1000 g/mol. The number of ether oxygens (including phenoxy) is 1. The largest absolute Gasteiger partial charge is 0.466 e. The van der Waals surface area contributed by atoms with Crippen LogP contribution < -0.4 is 5.32 Å². The SMILES string of the molecule is CCCCC/C=C\C/C=C\CCCCCCCC(=O)OCCCCCCCCCCCCCCCCCCCCCCCCCCCC(=O)NC(CO)C(O)CCCCCCCCCCCCCCCC. The molecule has 0 aliphatic rings. The van der Waals surface area contributed by atoms with E-state index < -0.39 is 12.1 Å². The van der Waals surface area contributed by atoms with Gasteiger partial charge in [-0.1, -0.05) is 308 Å². The van der Waals surface area contributed by atoms with E-state index in [0.717, 1.165) is 51.4 Å². The molecular weight excluding hydrogens is 875 g/mol. The van der Waals surface area contributed by atoms with Crippen LogP contribution in [-0.2, 0) is 14.3 Å². The van der Waals surface area contributed by atoms with Crippen molar-refractivity contribution in [3.8, 4) is 0 Å².